The average Bonchev–Trinajstić information content (AvgIpc) is 2.43. The van der Waals surface area contributed by atoms with Gasteiger partial charge in [-0.1, -0.05) is 11.6 Å². The first-order valence-corrected chi connectivity index (χ1v) is 5.70. The molecule has 0 unspecified atom stereocenters. The summed E-state index contributed by atoms with van der Waals surface area (Å²) >= 11 is 6.02. The van der Waals surface area contributed by atoms with Crippen molar-refractivity contribution in [3.05, 3.63) is 28.3 Å². The molecule has 7 heteroatoms. The number of ether oxygens (including phenoxy) is 2. The zero-order valence-electron chi connectivity index (χ0n) is 10.5. The minimum absolute atomic E-state index is 0.0974. The maximum atomic E-state index is 10.7. The number of benzene rings is 1. The highest BCUT2D eigenvalue weighted by atomic mass is 35.5. The Balaban J connectivity index is 3.20. The first-order chi connectivity index (χ1) is 9.51. The summed E-state index contributed by atoms with van der Waals surface area (Å²) in [5.41, 5.74) is 5.31. The predicted molar refractivity (Wildman–Crippen MR) is 71.9 cm³/mol. The Labute approximate surface area is 120 Å². The van der Waals surface area contributed by atoms with Crippen LogP contribution < -0.4 is 15.2 Å². The number of rotatable bonds is 5. The van der Waals surface area contributed by atoms with E-state index in [0.29, 0.717) is 11.3 Å². The smallest absolute Gasteiger partial charge is 0.255 e. The number of halogens is 1. The van der Waals surface area contributed by atoms with Crippen LogP contribution in [-0.4, -0.2) is 19.6 Å². The molecule has 1 rings (SSSR count). The van der Waals surface area contributed by atoms with Crippen LogP contribution in [0.15, 0.2) is 17.7 Å². The van der Waals surface area contributed by atoms with Gasteiger partial charge in [0, 0.05) is 6.07 Å². The lowest BCUT2D eigenvalue weighted by atomic mass is 10.1. The Kier molecular flexibility index (Phi) is 5.40. The summed E-state index contributed by atoms with van der Waals surface area (Å²) < 4.78 is 10.2. The monoisotopic (exact) mass is 291 g/mol. The molecule has 0 aliphatic carbocycles. The molecule has 1 amide bonds. The van der Waals surface area contributed by atoms with Gasteiger partial charge in [0.15, 0.2) is 18.1 Å². The summed E-state index contributed by atoms with van der Waals surface area (Å²) in [6.07, 6.45) is 1.32. The second-order valence-electron chi connectivity index (χ2n) is 3.56. The second kappa shape index (κ2) is 7.03. The van der Waals surface area contributed by atoms with Gasteiger partial charge in [0.25, 0.3) is 5.91 Å². The normalized spacial score (nSPS) is 9.00. The lowest BCUT2D eigenvalue weighted by Crippen LogP contribution is -2.20. The molecule has 0 saturated carbocycles. The van der Waals surface area contributed by atoms with E-state index in [-0.39, 0.29) is 23.0 Å². The quantitative estimate of drug-likeness (QED) is 0.829. The van der Waals surface area contributed by atoms with Gasteiger partial charge in [-0.25, -0.2) is 0 Å². The predicted octanol–water partition coefficient (Wildman–Crippen LogP) is 1.64. The van der Waals surface area contributed by atoms with Gasteiger partial charge < -0.3 is 15.2 Å². The van der Waals surface area contributed by atoms with Crippen molar-refractivity contribution >= 4 is 23.6 Å². The fourth-order valence-corrected chi connectivity index (χ4v) is 1.54. The van der Waals surface area contributed by atoms with E-state index in [1.165, 1.54) is 25.3 Å². The van der Waals surface area contributed by atoms with Crippen LogP contribution in [0.25, 0.3) is 6.08 Å². The fourth-order valence-electron chi connectivity index (χ4n) is 1.33. The molecule has 0 heterocycles. The fraction of sp³-hybridized carbons (Fsp3) is 0.154. The molecule has 6 nitrogen and oxygen atoms in total. The van der Waals surface area contributed by atoms with Gasteiger partial charge >= 0.3 is 0 Å². The summed E-state index contributed by atoms with van der Waals surface area (Å²) in [6, 6.07) is 6.37. The van der Waals surface area contributed by atoms with Crippen molar-refractivity contribution in [2.45, 2.75) is 0 Å². The Morgan fingerprint density at radius 2 is 2.05 bits per heavy atom. The number of methoxy groups -OCH3 is 1. The van der Waals surface area contributed by atoms with E-state index < -0.39 is 5.91 Å². The number of allylic oxidation sites excluding steroid dienone is 1. The zero-order valence-corrected chi connectivity index (χ0v) is 11.3. The van der Waals surface area contributed by atoms with Gasteiger partial charge in [0.1, 0.15) is 17.7 Å². The van der Waals surface area contributed by atoms with E-state index in [1.807, 2.05) is 0 Å². The number of primary amides is 1. The van der Waals surface area contributed by atoms with Gasteiger partial charge in [-0.15, -0.1) is 0 Å². The number of nitrogens with two attached hydrogens (primary N) is 1. The Bertz CT molecular complexity index is 625. The van der Waals surface area contributed by atoms with E-state index in [2.05, 4.69) is 0 Å². The van der Waals surface area contributed by atoms with Crippen LogP contribution in [0.4, 0.5) is 0 Å². The van der Waals surface area contributed by atoms with Crippen molar-refractivity contribution in [1.82, 2.24) is 0 Å². The van der Waals surface area contributed by atoms with Gasteiger partial charge in [-0.2, -0.15) is 10.5 Å². The van der Waals surface area contributed by atoms with Crippen LogP contribution in [-0.2, 0) is 4.79 Å². The first-order valence-electron chi connectivity index (χ1n) is 5.32. The molecule has 0 aromatic heterocycles. The number of hydrogen-bond acceptors (Lipinski definition) is 5. The van der Waals surface area contributed by atoms with E-state index in [4.69, 9.17) is 37.3 Å². The third-order valence-electron chi connectivity index (χ3n) is 2.19. The number of carbonyl (C=O) groups is 1. The van der Waals surface area contributed by atoms with Crippen LogP contribution in [0.1, 0.15) is 5.56 Å². The highest BCUT2D eigenvalue weighted by Gasteiger charge is 2.11. The van der Waals surface area contributed by atoms with E-state index in [9.17, 15) is 4.79 Å². The Hall–Kier alpha value is -2.70. The summed E-state index contributed by atoms with van der Waals surface area (Å²) in [4.78, 5) is 10.7. The lowest BCUT2D eigenvalue weighted by Gasteiger charge is -2.11. The van der Waals surface area contributed by atoms with Crippen molar-refractivity contribution in [3.63, 3.8) is 0 Å². The molecule has 0 aliphatic rings. The molecule has 1 aromatic carbocycles. The Morgan fingerprint density at radius 1 is 1.40 bits per heavy atom. The molecule has 0 spiro atoms. The summed E-state index contributed by atoms with van der Waals surface area (Å²) in [5.74, 6) is -0.0931. The van der Waals surface area contributed by atoms with Crippen LogP contribution in [0.5, 0.6) is 11.5 Å². The molecule has 2 N–H and O–H groups in total. The summed E-state index contributed by atoms with van der Waals surface area (Å²) in [6.45, 7) is -0.316. The largest absolute Gasteiger partial charge is 0.493 e. The van der Waals surface area contributed by atoms with Crippen molar-refractivity contribution in [1.29, 1.82) is 10.5 Å². The van der Waals surface area contributed by atoms with Crippen molar-refractivity contribution < 1.29 is 14.3 Å². The highest BCUT2D eigenvalue weighted by Crippen LogP contribution is 2.34. The SMILES string of the molecule is COc1cc(C=C(C#N)C#N)c(Cl)cc1OCC(N)=O. The minimum atomic E-state index is -0.636. The number of carbonyl (C=O) groups excluding carboxylic acids is 1. The standard InChI is InChI=1S/C13H10ClN3O3/c1-19-11-3-9(2-8(5-15)6-16)10(14)4-12(11)20-7-13(17)18/h2-4H,7H2,1H3,(H2,17,18). The van der Waals surface area contributed by atoms with Crippen molar-refractivity contribution in [2.75, 3.05) is 13.7 Å². The summed E-state index contributed by atoms with van der Waals surface area (Å²) in [5, 5.41) is 17.7. The summed E-state index contributed by atoms with van der Waals surface area (Å²) in [7, 11) is 1.41. The number of hydrogen-bond donors (Lipinski definition) is 1. The highest BCUT2D eigenvalue weighted by molar-refractivity contribution is 6.32. The second-order valence-corrected chi connectivity index (χ2v) is 3.97. The van der Waals surface area contributed by atoms with Crippen LogP contribution >= 0.6 is 11.6 Å². The third kappa shape index (κ3) is 3.91. The van der Waals surface area contributed by atoms with Gasteiger partial charge in [-0.3, -0.25) is 4.79 Å². The topological polar surface area (TPSA) is 109 Å². The van der Waals surface area contributed by atoms with Crippen LogP contribution in [0, 0.1) is 22.7 Å². The van der Waals surface area contributed by atoms with Crippen molar-refractivity contribution in [2.24, 2.45) is 5.73 Å². The number of amides is 1. The molecule has 0 saturated heterocycles. The molecule has 0 bridgehead atoms. The van der Waals surface area contributed by atoms with E-state index in [1.54, 1.807) is 12.1 Å². The maximum Gasteiger partial charge on any atom is 0.255 e. The molecule has 20 heavy (non-hydrogen) atoms. The average molecular weight is 292 g/mol. The van der Waals surface area contributed by atoms with E-state index >= 15 is 0 Å². The molecule has 102 valence electrons. The molecular formula is C13H10ClN3O3. The molecule has 1 aromatic rings. The minimum Gasteiger partial charge on any atom is -0.493 e. The molecule has 0 atom stereocenters. The van der Waals surface area contributed by atoms with E-state index in [0.717, 1.165) is 0 Å². The zero-order chi connectivity index (χ0) is 15.1. The third-order valence-corrected chi connectivity index (χ3v) is 2.52. The van der Waals surface area contributed by atoms with Crippen LogP contribution in [0.3, 0.4) is 0 Å². The lowest BCUT2D eigenvalue weighted by molar-refractivity contribution is -0.119. The molecular weight excluding hydrogens is 282 g/mol. The number of nitriles is 2. The van der Waals surface area contributed by atoms with Crippen LogP contribution in [0.2, 0.25) is 5.02 Å². The number of nitrogens with zero attached hydrogens (tertiary/aromatic N) is 2. The Morgan fingerprint density at radius 3 is 2.55 bits per heavy atom. The van der Waals surface area contributed by atoms with Gasteiger partial charge in [0.2, 0.25) is 0 Å². The first kappa shape index (κ1) is 15.4. The van der Waals surface area contributed by atoms with Gasteiger partial charge in [0.05, 0.1) is 12.1 Å². The molecule has 0 aliphatic heterocycles. The molecule has 0 fully saturated rings. The van der Waals surface area contributed by atoms with Crippen molar-refractivity contribution in [3.8, 4) is 23.6 Å². The maximum absolute atomic E-state index is 10.7. The van der Waals surface area contributed by atoms with Gasteiger partial charge in [-0.05, 0) is 17.7 Å². The molecule has 0 radical (unpaired) electrons.